The smallest absolute Gasteiger partial charge is 0.130 e. The Kier molecular flexibility index (Phi) is 40.9. The zero-order valence-corrected chi connectivity index (χ0v) is 75.6. The van der Waals surface area contributed by atoms with Gasteiger partial charge in [-0.05, 0) is 95.3 Å². The van der Waals surface area contributed by atoms with Crippen molar-refractivity contribution in [2.45, 2.75) is 208 Å². The summed E-state index contributed by atoms with van der Waals surface area (Å²) in [5, 5.41) is 33.1. The molecule has 531 valence electrons. The maximum absolute atomic E-state index is 10.8. The molecule has 0 saturated heterocycles. The van der Waals surface area contributed by atoms with Gasteiger partial charge in [0, 0.05) is 132 Å². The number of H-pyrrole nitrogens is 1. The summed E-state index contributed by atoms with van der Waals surface area (Å²) in [5.41, 5.74) is 10.9. The van der Waals surface area contributed by atoms with Crippen molar-refractivity contribution in [1.82, 2.24) is 9.97 Å². The van der Waals surface area contributed by atoms with Crippen molar-refractivity contribution in [2.75, 3.05) is 0 Å². The van der Waals surface area contributed by atoms with Gasteiger partial charge in [0.2, 0.25) is 0 Å². The van der Waals surface area contributed by atoms with Gasteiger partial charge in [-0.25, -0.2) is 0 Å². The van der Waals surface area contributed by atoms with Gasteiger partial charge in [-0.15, -0.1) is 35.9 Å². The zero-order chi connectivity index (χ0) is 73.5. The average Bonchev–Trinajstić information content (AvgIpc) is 1.70. The van der Waals surface area contributed by atoms with E-state index < -0.39 is 0 Å². The summed E-state index contributed by atoms with van der Waals surface area (Å²) in [7, 11) is 0. The molecule has 2 heterocycles. The van der Waals surface area contributed by atoms with Gasteiger partial charge in [-0.1, -0.05) is 345 Å². The van der Waals surface area contributed by atoms with Crippen LogP contribution >= 0.6 is 0 Å². The minimum Gasteiger partial charge on any atom is -0.533 e. The molecule has 3 radical (unpaired) electrons. The number of allylic oxidation sites excluding steroid dienone is 10. The van der Waals surface area contributed by atoms with Crippen LogP contribution in [0.5, 0.6) is 17.2 Å². The summed E-state index contributed by atoms with van der Waals surface area (Å²) in [5.74, 6) is 0.873. The van der Waals surface area contributed by atoms with Crippen molar-refractivity contribution in [2.24, 2.45) is 54.1 Å². The Morgan fingerprint density at radius 1 is 0.323 bits per heavy atom. The van der Waals surface area contributed by atoms with E-state index in [1.165, 1.54) is 0 Å². The van der Waals surface area contributed by atoms with Gasteiger partial charge in [-0.3, -0.25) is 0 Å². The molecule has 6 aromatic rings. The molecule has 6 rings (SSSR count). The number of nitrogens with zero attached hydrogens (tertiary/aromatic N) is 1. The molecule has 0 spiro atoms. The standard InChI is InChI=1S/C22H28O.2C18H25O.C17H24N.C16H25N.3Y/c1-21(2,3)13-11-17-15-16-9-7-8-10-18(16)19(20(17)23)12-14-22(4,5)6;1-17(2,3)11-9-14-7-8-16(19)15(13-14)10-12-18(4,5)6;1-17(2,3)12-10-14-8-7-9-15(16(14)19)11-13-18(4,5)6;1-16(2,3)12-10-14-8-7-9-15(18-14)11-13-17(4,5)6;1-15(2,3)11-9-13-7-8-14(17-13)10-12-16(4,5)6;;;/h7-15,23H,1-6H3;7,9-13,19H,1-6H3;8-13,19H,1-6H3;8-13H,1-6H3;7-12,17H,1-6H3;;;/q;3*-1;;;;/b13-11+,14-12+;11-9+,12-10+;2*12-10+,13-11+;11-9+,12-10+;;;. The van der Waals surface area contributed by atoms with E-state index in [9.17, 15) is 15.3 Å². The minimum absolute atomic E-state index is 0. The molecule has 0 saturated carbocycles. The first-order chi connectivity index (χ1) is 43.5. The average molecular weight is 1560 g/mol. The number of hydrogen-bond acceptors (Lipinski definition) is 4. The summed E-state index contributed by atoms with van der Waals surface area (Å²) >= 11 is 0. The van der Waals surface area contributed by atoms with Gasteiger partial charge in [0.25, 0.3) is 0 Å². The van der Waals surface area contributed by atoms with Crippen molar-refractivity contribution in [3.05, 3.63) is 214 Å². The number of hydrogen-bond donors (Lipinski definition) is 4. The second kappa shape index (κ2) is 41.8. The molecule has 0 aliphatic rings. The monoisotopic (exact) mass is 1560 g/mol. The van der Waals surface area contributed by atoms with Gasteiger partial charge in [0.15, 0.2) is 0 Å². The quantitative estimate of drug-likeness (QED) is 0.103. The fourth-order valence-corrected chi connectivity index (χ4v) is 7.82. The van der Waals surface area contributed by atoms with Gasteiger partial charge < -0.3 is 25.3 Å². The molecular formula is C91H127N2O3Y3-3. The van der Waals surface area contributed by atoms with Gasteiger partial charge in [0.1, 0.15) is 5.75 Å². The second-order valence-corrected chi connectivity index (χ2v) is 36.2. The predicted molar refractivity (Wildman–Crippen MR) is 428 cm³/mol. The Bertz CT molecular complexity index is 3550. The second-order valence-electron chi connectivity index (χ2n) is 36.2. The number of benzene rings is 4. The summed E-state index contributed by atoms with van der Waals surface area (Å²) in [6.45, 7) is 64.9. The normalized spacial score (nSPS) is 13.2. The zero-order valence-electron chi connectivity index (χ0n) is 67.1. The van der Waals surface area contributed by atoms with E-state index in [1.54, 1.807) is 0 Å². The SMILES string of the molecule is CC(C)(C)/C=C/c1c[c-]c(O)c(/C=C/C(C)(C)C)c1.CC(C)(C)/C=C/c1c[c-]cc(/C=C/C(C)(C)C)c1O.CC(C)(C)/C=C/c1c[c-]cc(/C=C/C(C)(C)C)n1.CC(C)(C)/C=C/c1cc2ccccc2c(/C=C/C(C)(C)C)c1O.CC(C)(C)/C=C/c1ccc(/C=C/C(C)(C)C)[nH]1.[Y].[Y].[Y]. The predicted octanol–water partition coefficient (Wildman–Crippen LogP) is 27.4. The third-order valence-corrected chi connectivity index (χ3v) is 13.1. The van der Waals surface area contributed by atoms with Crippen LogP contribution in [0.3, 0.4) is 0 Å². The molecule has 0 atom stereocenters. The number of aromatic nitrogens is 2. The van der Waals surface area contributed by atoms with Crippen LogP contribution in [0.15, 0.2) is 140 Å². The fraction of sp³-hybridized carbons (Fsp3) is 0.440. The van der Waals surface area contributed by atoms with E-state index >= 15 is 0 Å². The largest absolute Gasteiger partial charge is 0.533 e. The summed E-state index contributed by atoms with van der Waals surface area (Å²) in [6, 6.07) is 34.9. The number of rotatable bonds is 10. The molecule has 4 N–H and O–H groups in total. The van der Waals surface area contributed by atoms with Crippen LogP contribution < -0.4 is 0 Å². The molecule has 4 aromatic carbocycles. The molecule has 0 unspecified atom stereocenters. The first-order valence-electron chi connectivity index (χ1n) is 34.3. The van der Waals surface area contributed by atoms with E-state index in [4.69, 9.17) is 0 Å². The van der Waals surface area contributed by atoms with Gasteiger partial charge in [-0.2, -0.15) is 48.5 Å². The Morgan fingerprint density at radius 3 is 1.04 bits per heavy atom. The van der Waals surface area contributed by atoms with Crippen LogP contribution in [0.1, 0.15) is 264 Å². The Balaban J connectivity index is 0. The molecule has 0 fully saturated rings. The number of nitrogens with one attached hydrogen (secondary N) is 1. The first-order valence-corrected chi connectivity index (χ1v) is 34.3. The minimum atomic E-state index is 0. The van der Waals surface area contributed by atoms with Crippen molar-refractivity contribution in [3.63, 3.8) is 0 Å². The van der Waals surface area contributed by atoms with E-state index in [0.29, 0.717) is 11.5 Å². The first kappa shape index (κ1) is 96.7. The summed E-state index contributed by atoms with van der Waals surface area (Å²) in [4.78, 5) is 7.96. The van der Waals surface area contributed by atoms with Crippen molar-refractivity contribution in [3.8, 4) is 17.2 Å². The number of aromatic amines is 1. The van der Waals surface area contributed by atoms with E-state index in [-0.39, 0.29) is 158 Å². The molecule has 0 bridgehead atoms. The van der Waals surface area contributed by atoms with Gasteiger partial charge in [0.05, 0.1) is 0 Å². The van der Waals surface area contributed by atoms with Crippen LogP contribution in [0.25, 0.3) is 71.5 Å². The van der Waals surface area contributed by atoms with Crippen LogP contribution in [0.4, 0.5) is 0 Å². The van der Waals surface area contributed by atoms with E-state index in [2.05, 4.69) is 357 Å². The summed E-state index contributed by atoms with van der Waals surface area (Å²) in [6.07, 6.45) is 41.9. The molecule has 0 amide bonds. The summed E-state index contributed by atoms with van der Waals surface area (Å²) < 4.78 is 0. The third-order valence-electron chi connectivity index (χ3n) is 13.1. The Morgan fingerprint density at radius 2 is 0.646 bits per heavy atom. The fourth-order valence-electron chi connectivity index (χ4n) is 7.82. The topological polar surface area (TPSA) is 89.4 Å². The Hall–Kier alpha value is -4.32. The number of pyridine rings is 1. The molecule has 99 heavy (non-hydrogen) atoms. The van der Waals surface area contributed by atoms with Crippen LogP contribution in [-0.2, 0) is 98.1 Å². The number of aromatic hydroxyl groups is 3. The van der Waals surface area contributed by atoms with Crippen molar-refractivity contribution >= 4 is 71.5 Å². The maximum Gasteiger partial charge on any atom is 0.130 e. The maximum atomic E-state index is 10.8. The van der Waals surface area contributed by atoms with E-state index in [1.807, 2.05) is 78.9 Å². The third kappa shape index (κ3) is 47.6. The molecule has 2 aromatic heterocycles. The van der Waals surface area contributed by atoms with Crippen LogP contribution in [-0.4, -0.2) is 25.3 Å². The van der Waals surface area contributed by atoms with E-state index in [0.717, 1.165) is 66.9 Å². The number of phenols is 3. The van der Waals surface area contributed by atoms with Crippen LogP contribution in [0.2, 0.25) is 0 Å². The molecule has 5 nitrogen and oxygen atoms in total. The molecule has 0 aliphatic carbocycles. The molecular weight excluding hydrogens is 1440 g/mol. The number of fused-ring (bicyclic) bond motifs is 1. The Labute approximate surface area is 680 Å². The molecule has 8 heteroatoms. The van der Waals surface area contributed by atoms with Crippen molar-refractivity contribution < 1.29 is 113 Å². The number of phenolic OH excluding ortho intramolecular Hbond substituents is 3. The van der Waals surface area contributed by atoms with Gasteiger partial charge >= 0.3 is 0 Å². The van der Waals surface area contributed by atoms with Crippen LogP contribution in [0, 0.1) is 72.3 Å². The van der Waals surface area contributed by atoms with Crippen molar-refractivity contribution in [1.29, 1.82) is 0 Å². The molecule has 0 aliphatic heterocycles.